The lowest BCUT2D eigenvalue weighted by Gasteiger charge is -2.10. The maximum Gasteiger partial charge on any atom is 0.158 e. The lowest BCUT2D eigenvalue weighted by molar-refractivity contribution is 0.507. The quantitative estimate of drug-likeness (QED) is 0.782. The van der Waals surface area contributed by atoms with Crippen molar-refractivity contribution < 1.29 is 0 Å². The molecule has 0 aliphatic carbocycles. The number of alkyl halides is 1. The van der Waals surface area contributed by atoms with Gasteiger partial charge >= 0.3 is 0 Å². The molecule has 0 saturated carbocycles. The fourth-order valence-electron chi connectivity index (χ4n) is 2.28. The standard InChI is InChI=1S/C13H21ClN4/c1-9(2)6-8-18-11(5-7-14)15-12-10(3)16-17(4)13(12)18/h9H,5-8H2,1-4H3. The number of hydrogen-bond donors (Lipinski definition) is 0. The summed E-state index contributed by atoms with van der Waals surface area (Å²) in [5, 5.41) is 4.44. The van der Waals surface area contributed by atoms with Crippen molar-refractivity contribution >= 4 is 22.8 Å². The minimum atomic E-state index is 0.609. The Morgan fingerprint density at radius 2 is 2.06 bits per heavy atom. The van der Waals surface area contributed by atoms with Gasteiger partial charge in [-0.05, 0) is 19.3 Å². The molecule has 0 radical (unpaired) electrons. The minimum absolute atomic E-state index is 0.609. The van der Waals surface area contributed by atoms with E-state index in [1.165, 1.54) is 0 Å². The van der Waals surface area contributed by atoms with E-state index < -0.39 is 0 Å². The van der Waals surface area contributed by atoms with Crippen molar-refractivity contribution in [1.29, 1.82) is 0 Å². The van der Waals surface area contributed by atoms with Crippen LogP contribution in [0.5, 0.6) is 0 Å². The van der Waals surface area contributed by atoms with Crippen molar-refractivity contribution in [2.45, 2.75) is 40.2 Å². The Morgan fingerprint density at radius 3 is 2.67 bits per heavy atom. The van der Waals surface area contributed by atoms with Gasteiger partial charge in [-0.1, -0.05) is 13.8 Å². The number of imidazole rings is 1. The molecule has 0 unspecified atom stereocenters. The minimum Gasteiger partial charge on any atom is -0.313 e. The molecule has 4 nitrogen and oxygen atoms in total. The van der Waals surface area contributed by atoms with Crippen LogP contribution in [0.1, 0.15) is 31.8 Å². The highest BCUT2D eigenvalue weighted by Crippen LogP contribution is 2.20. The summed E-state index contributed by atoms with van der Waals surface area (Å²) in [7, 11) is 1.98. The molecule has 2 rings (SSSR count). The van der Waals surface area contributed by atoms with E-state index in [9.17, 15) is 0 Å². The first-order chi connectivity index (χ1) is 8.54. The SMILES string of the molecule is Cc1nn(C)c2c1nc(CCCl)n2CCC(C)C. The Labute approximate surface area is 113 Å². The van der Waals surface area contributed by atoms with Gasteiger partial charge in [0.05, 0.1) is 5.69 Å². The van der Waals surface area contributed by atoms with E-state index in [1.54, 1.807) is 0 Å². The molecule has 0 spiro atoms. The molecule has 0 N–H and O–H groups in total. The van der Waals surface area contributed by atoms with Crippen LogP contribution >= 0.6 is 11.6 Å². The molecule has 0 atom stereocenters. The number of fused-ring (bicyclic) bond motifs is 1. The van der Waals surface area contributed by atoms with E-state index in [1.807, 2.05) is 18.7 Å². The zero-order chi connectivity index (χ0) is 13.3. The van der Waals surface area contributed by atoms with Crippen LogP contribution in [0.4, 0.5) is 0 Å². The van der Waals surface area contributed by atoms with E-state index in [-0.39, 0.29) is 0 Å². The topological polar surface area (TPSA) is 35.6 Å². The number of halogens is 1. The summed E-state index contributed by atoms with van der Waals surface area (Å²) in [6.45, 7) is 7.47. The van der Waals surface area contributed by atoms with Gasteiger partial charge in [0.15, 0.2) is 5.65 Å². The van der Waals surface area contributed by atoms with E-state index in [4.69, 9.17) is 16.6 Å². The highest BCUT2D eigenvalue weighted by atomic mass is 35.5. The lowest BCUT2D eigenvalue weighted by atomic mass is 10.1. The van der Waals surface area contributed by atoms with Gasteiger partial charge in [-0.2, -0.15) is 5.10 Å². The molecule has 0 amide bonds. The highest BCUT2D eigenvalue weighted by Gasteiger charge is 2.16. The summed E-state index contributed by atoms with van der Waals surface area (Å²) in [5.41, 5.74) is 3.13. The first kappa shape index (κ1) is 13.4. The number of aromatic nitrogens is 4. The van der Waals surface area contributed by atoms with Gasteiger partial charge in [0.2, 0.25) is 0 Å². The van der Waals surface area contributed by atoms with Crippen LogP contribution in [0, 0.1) is 12.8 Å². The summed E-state index contributed by atoms with van der Waals surface area (Å²) in [4.78, 5) is 4.70. The van der Waals surface area contributed by atoms with Gasteiger partial charge in [-0.25, -0.2) is 4.98 Å². The third-order valence-corrected chi connectivity index (χ3v) is 3.41. The first-order valence-corrected chi connectivity index (χ1v) is 7.02. The number of hydrogen-bond acceptors (Lipinski definition) is 2. The second-order valence-electron chi connectivity index (χ2n) is 5.18. The molecule has 0 aliphatic heterocycles. The Kier molecular flexibility index (Phi) is 3.95. The summed E-state index contributed by atoms with van der Waals surface area (Å²) < 4.78 is 4.20. The second kappa shape index (κ2) is 5.31. The van der Waals surface area contributed by atoms with Crippen molar-refractivity contribution in [3.63, 3.8) is 0 Å². The smallest absolute Gasteiger partial charge is 0.158 e. The Bertz CT molecular complexity index is 539. The Balaban J connectivity index is 2.47. The highest BCUT2D eigenvalue weighted by molar-refractivity contribution is 6.17. The summed E-state index contributed by atoms with van der Waals surface area (Å²) in [6, 6.07) is 0. The van der Waals surface area contributed by atoms with Crippen LogP contribution in [0.2, 0.25) is 0 Å². The van der Waals surface area contributed by atoms with Crippen molar-refractivity contribution in [2.75, 3.05) is 5.88 Å². The van der Waals surface area contributed by atoms with E-state index in [0.717, 1.165) is 42.1 Å². The second-order valence-corrected chi connectivity index (χ2v) is 5.56. The maximum absolute atomic E-state index is 5.87. The molecular formula is C13H21ClN4. The number of aryl methyl sites for hydroxylation is 4. The van der Waals surface area contributed by atoms with Gasteiger partial charge < -0.3 is 4.57 Å². The van der Waals surface area contributed by atoms with Crippen LogP contribution < -0.4 is 0 Å². The third kappa shape index (κ3) is 2.39. The van der Waals surface area contributed by atoms with Crippen molar-refractivity contribution in [3.8, 4) is 0 Å². The molecule has 2 aromatic rings. The van der Waals surface area contributed by atoms with Crippen LogP contribution in [-0.2, 0) is 20.0 Å². The molecule has 0 fully saturated rings. The lowest BCUT2D eigenvalue weighted by Crippen LogP contribution is -2.09. The molecule has 0 bridgehead atoms. The van der Waals surface area contributed by atoms with Gasteiger partial charge in [-0.15, -0.1) is 11.6 Å². The predicted molar refractivity (Wildman–Crippen MR) is 75.1 cm³/mol. The summed E-state index contributed by atoms with van der Waals surface area (Å²) in [6.07, 6.45) is 1.96. The molecule has 0 aromatic carbocycles. The van der Waals surface area contributed by atoms with E-state index in [2.05, 4.69) is 23.5 Å². The van der Waals surface area contributed by atoms with Gasteiger partial charge in [0, 0.05) is 25.9 Å². The summed E-state index contributed by atoms with van der Waals surface area (Å²) in [5.74, 6) is 2.37. The molecule has 100 valence electrons. The van der Waals surface area contributed by atoms with Crippen molar-refractivity contribution in [3.05, 3.63) is 11.5 Å². The van der Waals surface area contributed by atoms with Gasteiger partial charge in [-0.3, -0.25) is 4.68 Å². The first-order valence-electron chi connectivity index (χ1n) is 6.49. The monoisotopic (exact) mass is 268 g/mol. The molecule has 0 aliphatic rings. The Morgan fingerprint density at radius 1 is 1.33 bits per heavy atom. The summed E-state index contributed by atoms with van der Waals surface area (Å²) >= 11 is 5.87. The van der Waals surface area contributed by atoms with Crippen LogP contribution in [0.25, 0.3) is 11.2 Å². The average molecular weight is 269 g/mol. The zero-order valence-corrected chi connectivity index (χ0v) is 12.3. The number of nitrogens with zero attached hydrogens (tertiary/aromatic N) is 4. The van der Waals surface area contributed by atoms with Crippen molar-refractivity contribution in [2.24, 2.45) is 13.0 Å². The fourth-order valence-corrected chi connectivity index (χ4v) is 2.45. The zero-order valence-electron chi connectivity index (χ0n) is 11.6. The van der Waals surface area contributed by atoms with Crippen LogP contribution in [0.15, 0.2) is 0 Å². The predicted octanol–water partition coefficient (Wildman–Crippen LogP) is 2.91. The van der Waals surface area contributed by atoms with Gasteiger partial charge in [0.25, 0.3) is 0 Å². The van der Waals surface area contributed by atoms with Gasteiger partial charge in [0.1, 0.15) is 11.3 Å². The normalized spacial score (nSPS) is 11.9. The Hall–Kier alpha value is -1.03. The molecule has 2 aromatic heterocycles. The fraction of sp³-hybridized carbons (Fsp3) is 0.692. The number of rotatable bonds is 5. The third-order valence-electron chi connectivity index (χ3n) is 3.22. The average Bonchev–Trinajstić information content (AvgIpc) is 2.77. The molecule has 0 saturated heterocycles. The maximum atomic E-state index is 5.87. The van der Waals surface area contributed by atoms with Crippen LogP contribution in [0.3, 0.4) is 0 Å². The molecule has 5 heteroatoms. The van der Waals surface area contributed by atoms with Crippen molar-refractivity contribution in [1.82, 2.24) is 19.3 Å². The molecule has 2 heterocycles. The molecule has 18 heavy (non-hydrogen) atoms. The van der Waals surface area contributed by atoms with E-state index in [0.29, 0.717) is 11.8 Å². The molecular weight excluding hydrogens is 248 g/mol. The van der Waals surface area contributed by atoms with E-state index >= 15 is 0 Å². The largest absolute Gasteiger partial charge is 0.313 e. The van der Waals surface area contributed by atoms with Crippen LogP contribution in [-0.4, -0.2) is 25.2 Å².